The third-order valence-electron chi connectivity index (χ3n) is 7.34. The Morgan fingerprint density at radius 3 is 2.71 bits per heavy atom. The molecule has 2 amide bonds. The van der Waals surface area contributed by atoms with Crippen LogP contribution in [0.1, 0.15) is 47.2 Å². The van der Waals surface area contributed by atoms with E-state index >= 15 is 0 Å². The first-order valence-corrected chi connectivity index (χ1v) is 13.8. The Kier molecular flexibility index (Phi) is 7.23. The maximum atomic E-state index is 14.3. The van der Waals surface area contributed by atoms with Crippen molar-refractivity contribution >= 4 is 49.6 Å². The van der Waals surface area contributed by atoms with Gasteiger partial charge in [0, 0.05) is 47.2 Å². The van der Waals surface area contributed by atoms with Gasteiger partial charge in [-0.2, -0.15) is 5.10 Å². The van der Waals surface area contributed by atoms with E-state index in [-0.39, 0.29) is 24.1 Å². The average molecular weight is 595 g/mol. The Bertz CT molecular complexity index is 1650. The second-order valence-electron chi connectivity index (χ2n) is 10.1. The fourth-order valence-corrected chi connectivity index (χ4v) is 5.60. The summed E-state index contributed by atoms with van der Waals surface area (Å²) in [6.45, 7) is 1.75. The number of carbonyl (C=O) groups is 2. The van der Waals surface area contributed by atoms with Crippen LogP contribution >= 0.6 is 20.8 Å². The minimum absolute atomic E-state index is 0.00822. The Morgan fingerprint density at radius 1 is 1.24 bits per heavy atom. The van der Waals surface area contributed by atoms with Gasteiger partial charge in [-0.05, 0) is 36.2 Å². The van der Waals surface area contributed by atoms with Crippen LogP contribution in [0, 0.1) is 11.8 Å². The van der Waals surface area contributed by atoms with E-state index in [4.69, 9.17) is 11.6 Å². The quantitative estimate of drug-likeness (QED) is 0.297. The number of benzene rings is 1. The molecule has 11 nitrogen and oxygen atoms in total. The van der Waals surface area contributed by atoms with E-state index in [9.17, 15) is 19.1 Å². The number of amides is 2. The van der Waals surface area contributed by atoms with Crippen LogP contribution in [0.2, 0.25) is 5.02 Å². The van der Waals surface area contributed by atoms with Crippen molar-refractivity contribution in [2.75, 3.05) is 23.4 Å². The number of aromatic nitrogens is 6. The zero-order valence-electron chi connectivity index (χ0n) is 21.8. The van der Waals surface area contributed by atoms with Crippen LogP contribution in [0.4, 0.5) is 16.0 Å². The SMILES string of the molecule is CC(F)c1ccc(Cl)c(P)c1-c1cncc(C(=O)Nc2cnn(C(CO)c3cnc(N4CC5CC5C4=O)nc3)c2)n1. The normalized spacial score (nSPS) is 19.1. The van der Waals surface area contributed by atoms with Gasteiger partial charge in [-0.25, -0.2) is 19.3 Å². The van der Waals surface area contributed by atoms with E-state index < -0.39 is 18.1 Å². The second-order valence-corrected chi connectivity index (χ2v) is 11.0. The summed E-state index contributed by atoms with van der Waals surface area (Å²) in [6.07, 6.45) is 8.51. The van der Waals surface area contributed by atoms with Gasteiger partial charge in [-0.3, -0.25) is 24.2 Å². The Hall–Kier alpha value is -3.86. The van der Waals surface area contributed by atoms with Gasteiger partial charge in [0.1, 0.15) is 17.9 Å². The number of aliphatic hydroxyl groups excluding tert-OH is 1. The summed E-state index contributed by atoms with van der Waals surface area (Å²) in [5.74, 6) is 0.356. The number of carbonyl (C=O) groups excluding carboxylic acids is 2. The van der Waals surface area contributed by atoms with Gasteiger partial charge in [0.2, 0.25) is 11.9 Å². The fourth-order valence-electron chi connectivity index (χ4n) is 5.03. The first kappa shape index (κ1) is 27.3. The lowest BCUT2D eigenvalue weighted by Gasteiger charge is -2.18. The highest BCUT2D eigenvalue weighted by Gasteiger charge is 2.53. The highest BCUT2D eigenvalue weighted by atomic mass is 35.5. The molecule has 6 rings (SSSR count). The monoisotopic (exact) mass is 594 g/mol. The first-order valence-electron chi connectivity index (χ1n) is 12.9. The number of rotatable bonds is 8. The van der Waals surface area contributed by atoms with Crippen LogP contribution in [0.15, 0.2) is 49.3 Å². The van der Waals surface area contributed by atoms with Crippen molar-refractivity contribution in [2.24, 2.45) is 11.8 Å². The standard InChI is InChI=1S/C27H25ClFN8O3P/c1-13(29)17-2-3-19(28)24(41)23(17)20-8-30-9-21(35-20)25(39)34-16-7-33-37(11-16)22(12-38)15-5-31-27(32-6-15)36-10-14-4-18(14)26(36)40/h2-3,5-9,11,13-14,18,22,38H,4,10,12,41H2,1H3,(H,34,39). The molecule has 0 radical (unpaired) electrons. The van der Waals surface area contributed by atoms with Crippen molar-refractivity contribution in [1.29, 1.82) is 0 Å². The number of anilines is 2. The van der Waals surface area contributed by atoms with Crippen molar-refractivity contribution in [3.8, 4) is 11.3 Å². The molecule has 1 saturated heterocycles. The summed E-state index contributed by atoms with van der Waals surface area (Å²) in [6, 6.07) is 2.57. The lowest BCUT2D eigenvalue weighted by atomic mass is 10.0. The molecule has 2 fully saturated rings. The van der Waals surface area contributed by atoms with E-state index in [1.165, 1.54) is 30.2 Å². The lowest BCUT2D eigenvalue weighted by molar-refractivity contribution is -0.118. The van der Waals surface area contributed by atoms with Crippen molar-refractivity contribution < 1.29 is 19.1 Å². The van der Waals surface area contributed by atoms with Gasteiger partial charge < -0.3 is 10.4 Å². The molecular formula is C27H25ClFN8O3P. The van der Waals surface area contributed by atoms with Crippen LogP contribution in [0.5, 0.6) is 0 Å². The molecular weight excluding hydrogens is 570 g/mol. The predicted molar refractivity (Wildman–Crippen MR) is 153 cm³/mol. The minimum atomic E-state index is -1.29. The van der Waals surface area contributed by atoms with Gasteiger partial charge >= 0.3 is 0 Å². The number of nitrogens with one attached hydrogen (secondary N) is 1. The second kappa shape index (κ2) is 10.8. The molecule has 210 valence electrons. The maximum Gasteiger partial charge on any atom is 0.275 e. The molecule has 4 heterocycles. The third-order valence-corrected chi connectivity index (χ3v) is 8.45. The summed E-state index contributed by atoms with van der Waals surface area (Å²) in [4.78, 5) is 44.2. The number of fused-ring (bicyclic) bond motifs is 1. The molecule has 14 heteroatoms. The minimum Gasteiger partial charge on any atom is -0.394 e. The van der Waals surface area contributed by atoms with Gasteiger partial charge in [-0.1, -0.05) is 17.7 Å². The molecule has 1 saturated carbocycles. The number of alkyl halides is 1. The molecule has 0 bridgehead atoms. The van der Waals surface area contributed by atoms with E-state index in [2.05, 4.69) is 39.6 Å². The van der Waals surface area contributed by atoms with Crippen LogP contribution in [-0.2, 0) is 4.79 Å². The topological polar surface area (TPSA) is 139 Å². The number of aliphatic hydroxyl groups is 1. The Morgan fingerprint density at radius 2 is 2.02 bits per heavy atom. The molecule has 2 N–H and O–H groups in total. The largest absolute Gasteiger partial charge is 0.394 e. The zero-order valence-corrected chi connectivity index (χ0v) is 23.7. The van der Waals surface area contributed by atoms with Crippen molar-refractivity contribution in [2.45, 2.75) is 25.6 Å². The molecule has 1 aliphatic heterocycles. The van der Waals surface area contributed by atoms with Gasteiger partial charge in [0.15, 0.2) is 0 Å². The zero-order chi connectivity index (χ0) is 28.8. The number of piperidine rings is 1. The van der Waals surface area contributed by atoms with E-state index in [1.807, 2.05) is 0 Å². The number of halogens is 2. The van der Waals surface area contributed by atoms with Crippen LogP contribution in [-0.4, -0.2) is 59.8 Å². The number of hydrogen-bond donors (Lipinski definition) is 2. The van der Waals surface area contributed by atoms with Gasteiger partial charge in [0.05, 0.1) is 36.6 Å². The first-order chi connectivity index (χ1) is 19.7. The summed E-state index contributed by atoms with van der Waals surface area (Å²) >= 11 is 6.26. The van der Waals surface area contributed by atoms with Crippen LogP contribution in [0.3, 0.4) is 0 Å². The predicted octanol–water partition coefficient (Wildman–Crippen LogP) is 3.13. The third kappa shape index (κ3) is 5.18. The lowest BCUT2D eigenvalue weighted by Crippen LogP contribution is -2.29. The van der Waals surface area contributed by atoms with Gasteiger partial charge in [-0.15, -0.1) is 9.24 Å². The van der Waals surface area contributed by atoms with Crippen LogP contribution in [0.25, 0.3) is 11.3 Å². The summed E-state index contributed by atoms with van der Waals surface area (Å²) in [5, 5.41) is 18.1. The molecule has 0 spiro atoms. The molecule has 2 aliphatic rings. The molecule has 5 atom stereocenters. The van der Waals surface area contributed by atoms with Crippen molar-refractivity contribution in [3.05, 3.63) is 71.2 Å². The average Bonchev–Trinajstić information content (AvgIpc) is 3.48. The Labute approximate surface area is 241 Å². The highest BCUT2D eigenvalue weighted by Crippen LogP contribution is 2.46. The van der Waals surface area contributed by atoms with E-state index in [1.54, 1.807) is 35.6 Å². The fraction of sp³-hybridized carbons (Fsp3) is 0.296. The highest BCUT2D eigenvalue weighted by molar-refractivity contribution is 7.28. The maximum absolute atomic E-state index is 14.3. The molecule has 4 aromatic rings. The number of hydrogen-bond acceptors (Lipinski definition) is 8. The molecule has 1 aromatic carbocycles. The summed E-state index contributed by atoms with van der Waals surface area (Å²) < 4.78 is 15.8. The molecule has 41 heavy (non-hydrogen) atoms. The smallest absolute Gasteiger partial charge is 0.275 e. The Balaban J connectivity index is 1.18. The van der Waals surface area contributed by atoms with Crippen molar-refractivity contribution in [1.82, 2.24) is 29.7 Å². The van der Waals surface area contributed by atoms with E-state index in [0.717, 1.165) is 6.42 Å². The van der Waals surface area contributed by atoms with Crippen molar-refractivity contribution in [3.63, 3.8) is 0 Å². The molecule has 1 aliphatic carbocycles. The number of nitrogens with zero attached hydrogens (tertiary/aromatic N) is 7. The molecule has 5 unspecified atom stereocenters. The summed E-state index contributed by atoms with van der Waals surface area (Å²) in [7, 11) is 2.49. The van der Waals surface area contributed by atoms with E-state index in [0.29, 0.717) is 56.8 Å². The molecule has 3 aromatic heterocycles. The van der Waals surface area contributed by atoms with Crippen LogP contribution < -0.4 is 15.5 Å². The van der Waals surface area contributed by atoms with Gasteiger partial charge in [0.25, 0.3) is 5.91 Å². The summed E-state index contributed by atoms with van der Waals surface area (Å²) in [5.41, 5.74) is 2.08.